The zero-order valence-electron chi connectivity index (χ0n) is 13.5. The fourth-order valence-electron chi connectivity index (χ4n) is 2.14. The number of nitrogens with zero attached hydrogens (tertiary/aromatic N) is 2. The summed E-state index contributed by atoms with van der Waals surface area (Å²) in [5.74, 6) is 2.25. The lowest BCUT2D eigenvalue weighted by Crippen LogP contribution is -2.06. The Hall–Kier alpha value is -2.30. The molecule has 0 saturated carbocycles. The van der Waals surface area contributed by atoms with Gasteiger partial charge in [0.05, 0.1) is 7.11 Å². The van der Waals surface area contributed by atoms with Gasteiger partial charge < -0.3 is 15.4 Å². The van der Waals surface area contributed by atoms with E-state index in [9.17, 15) is 0 Å². The van der Waals surface area contributed by atoms with Crippen molar-refractivity contribution >= 4 is 17.5 Å². The van der Waals surface area contributed by atoms with Gasteiger partial charge in [-0.15, -0.1) is 0 Å². The van der Waals surface area contributed by atoms with Crippen molar-refractivity contribution < 1.29 is 4.74 Å². The Morgan fingerprint density at radius 1 is 1.14 bits per heavy atom. The van der Waals surface area contributed by atoms with Crippen LogP contribution in [0.25, 0.3) is 0 Å². The van der Waals surface area contributed by atoms with E-state index in [1.54, 1.807) is 7.11 Å². The van der Waals surface area contributed by atoms with Crippen molar-refractivity contribution in [3.05, 3.63) is 36.0 Å². The van der Waals surface area contributed by atoms with Gasteiger partial charge in [-0.3, -0.25) is 0 Å². The maximum atomic E-state index is 5.22. The zero-order valence-corrected chi connectivity index (χ0v) is 13.5. The lowest BCUT2D eigenvalue weighted by atomic mass is 10.2. The molecule has 1 aromatic carbocycles. The molecule has 22 heavy (non-hydrogen) atoms. The zero-order chi connectivity index (χ0) is 15.8. The van der Waals surface area contributed by atoms with Crippen molar-refractivity contribution in [1.82, 2.24) is 9.97 Å². The molecule has 2 rings (SSSR count). The number of rotatable bonds is 8. The van der Waals surface area contributed by atoms with Crippen molar-refractivity contribution in [1.29, 1.82) is 0 Å². The van der Waals surface area contributed by atoms with Crippen LogP contribution < -0.4 is 15.4 Å². The molecule has 0 atom stereocenters. The largest absolute Gasteiger partial charge is 0.497 e. The minimum Gasteiger partial charge on any atom is -0.497 e. The van der Waals surface area contributed by atoms with Gasteiger partial charge in [0.15, 0.2) is 0 Å². The van der Waals surface area contributed by atoms with Crippen LogP contribution >= 0.6 is 0 Å². The van der Waals surface area contributed by atoms with Crippen LogP contribution in [0.2, 0.25) is 0 Å². The summed E-state index contributed by atoms with van der Waals surface area (Å²) >= 11 is 0. The van der Waals surface area contributed by atoms with Crippen molar-refractivity contribution in [3.63, 3.8) is 0 Å². The van der Waals surface area contributed by atoms with Crippen molar-refractivity contribution in [2.75, 3.05) is 24.3 Å². The summed E-state index contributed by atoms with van der Waals surface area (Å²) in [5, 5.41) is 6.57. The third-order valence-corrected chi connectivity index (χ3v) is 3.27. The van der Waals surface area contributed by atoms with E-state index >= 15 is 0 Å². The maximum absolute atomic E-state index is 5.22. The van der Waals surface area contributed by atoms with E-state index in [2.05, 4.69) is 27.5 Å². The van der Waals surface area contributed by atoms with E-state index in [-0.39, 0.29) is 0 Å². The third-order valence-electron chi connectivity index (χ3n) is 3.27. The number of aryl methyl sites for hydroxylation is 1. The van der Waals surface area contributed by atoms with Gasteiger partial charge in [0.2, 0.25) is 5.95 Å². The fourth-order valence-corrected chi connectivity index (χ4v) is 2.14. The molecular formula is C17H24N4O. The molecule has 118 valence electrons. The molecule has 2 aromatic rings. The number of unbranched alkanes of at least 4 members (excludes halogenated alkanes) is 2. The van der Waals surface area contributed by atoms with Crippen LogP contribution in [-0.2, 0) is 0 Å². The second-order valence-corrected chi connectivity index (χ2v) is 5.21. The monoisotopic (exact) mass is 300 g/mol. The number of anilines is 3. The molecule has 2 N–H and O–H groups in total. The molecular weight excluding hydrogens is 276 g/mol. The maximum Gasteiger partial charge on any atom is 0.229 e. The molecule has 0 saturated heterocycles. The van der Waals surface area contributed by atoms with Crippen LogP contribution in [0.3, 0.4) is 0 Å². The minimum absolute atomic E-state index is 0.589. The first-order valence-corrected chi connectivity index (χ1v) is 7.72. The van der Waals surface area contributed by atoms with Crippen LogP contribution in [0.5, 0.6) is 5.75 Å². The van der Waals surface area contributed by atoms with E-state index in [1.165, 1.54) is 12.8 Å². The average molecular weight is 300 g/mol. The first kappa shape index (κ1) is 16.1. The number of ether oxygens (including phenoxy) is 1. The van der Waals surface area contributed by atoms with Crippen molar-refractivity contribution in [2.24, 2.45) is 0 Å². The molecule has 5 nitrogen and oxygen atoms in total. The van der Waals surface area contributed by atoms with Crippen LogP contribution in [0, 0.1) is 6.92 Å². The molecule has 0 bridgehead atoms. The molecule has 0 radical (unpaired) electrons. The van der Waals surface area contributed by atoms with E-state index in [1.807, 2.05) is 37.3 Å². The second-order valence-electron chi connectivity index (χ2n) is 5.21. The first-order valence-electron chi connectivity index (χ1n) is 7.72. The topological polar surface area (TPSA) is 59.1 Å². The highest BCUT2D eigenvalue weighted by Crippen LogP contribution is 2.20. The Labute approximate surface area is 132 Å². The van der Waals surface area contributed by atoms with E-state index in [0.29, 0.717) is 5.95 Å². The van der Waals surface area contributed by atoms with Gasteiger partial charge in [0.25, 0.3) is 0 Å². The molecule has 1 aromatic heterocycles. The number of methoxy groups -OCH3 is 1. The summed E-state index contributed by atoms with van der Waals surface area (Å²) in [5.41, 5.74) is 1.83. The highest BCUT2D eigenvalue weighted by molar-refractivity contribution is 5.57. The number of hydrogen-bond donors (Lipinski definition) is 2. The molecule has 0 unspecified atom stereocenters. The van der Waals surface area contributed by atoms with Gasteiger partial charge in [0, 0.05) is 30.1 Å². The van der Waals surface area contributed by atoms with Gasteiger partial charge in [-0.2, -0.15) is 4.98 Å². The molecule has 5 heteroatoms. The van der Waals surface area contributed by atoms with Crippen molar-refractivity contribution in [2.45, 2.75) is 33.1 Å². The van der Waals surface area contributed by atoms with Crippen LogP contribution in [0.1, 0.15) is 31.9 Å². The summed E-state index contributed by atoms with van der Waals surface area (Å²) in [6, 6.07) is 9.68. The van der Waals surface area contributed by atoms with Gasteiger partial charge in [0.1, 0.15) is 11.6 Å². The Morgan fingerprint density at radius 2 is 2.00 bits per heavy atom. The lowest BCUT2D eigenvalue weighted by molar-refractivity contribution is 0.415. The summed E-state index contributed by atoms with van der Waals surface area (Å²) in [7, 11) is 1.65. The summed E-state index contributed by atoms with van der Waals surface area (Å²) in [6.45, 7) is 5.10. The van der Waals surface area contributed by atoms with Gasteiger partial charge >= 0.3 is 0 Å². The van der Waals surface area contributed by atoms with E-state index in [4.69, 9.17) is 4.74 Å². The highest BCUT2D eigenvalue weighted by Gasteiger charge is 2.03. The molecule has 0 amide bonds. The minimum atomic E-state index is 0.589. The third kappa shape index (κ3) is 4.91. The Balaban J connectivity index is 2.05. The number of hydrogen-bond acceptors (Lipinski definition) is 5. The summed E-state index contributed by atoms with van der Waals surface area (Å²) < 4.78 is 5.22. The quantitative estimate of drug-likeness (QED) is 0.718. The SMILES string of the molecule is CCCCCNc1cc(C)nc(Nc2cccc(OC)c2)n1. The van der Waals surface area contributed by atoms with Crippen LogP contribution in [0.15, 0.2) is 30.3 Å². The van der Waals surface area contributed by atoms with Crippen LogP contribution in [0.4, 0.5) is 17.5 Å². The second kappa shape index (κ2) is 8.22. The number of benzene rings is 1. The molecule has 0 aliphatic heterocycles. The van der Waals surface area contributed by atoms with Gasteiger partial charge in [-0.1, -0.05) is 25.8 Å². The Morgan fingerprint density at radius 3 is 2.77 bits per heavy atom. The predicted molar refractivity (Wildman–Crippen MR) is 91.1 cm³/mol. The van der Waals surface area contributed by atoms with E-state index < -0.39 is 0 Å². The van der Waals surface area contributed by atoms with Crippen molar-refractivity contribution in [3.8, 4) is 5.75 Å². The van der Waals surface area contributed by atoms with E-state index in [0.717, 1.165) is 35.9 Å². The highest BCUT2D eigenvalue weighted by atomic mass is 16.5. The lowest BCUT2D eigenvalue weighted by Gasteiger charge is -2.10. The number of aromatic nitrogens is 2. The van der Waals surface area contributed by atoms with Crippen LogP contribution in [-0.4, -0.2) is 23.6 Å². The van der Waals surface area contributed by atoms with Gasteiger partial charge in [-0.05, 0) is 25.5 Å². The molecule has 0 spiro atoms. The Bertz CT molecular complexity index is 601. The molecule has 1 heterocycles. The predicted octanol–water partition coefficient (Wildman–Crippen LogP) is 4.14. The number of nitrogens with one attached hydrogen (secondary N) is 2. The molecule has 0 aliphatic rings. The average Bonchev–Trinajstić information content (AvgIpc) is 2.51. The fraction of sp³-hybridized carbons (Fsp3) is 0.412. The standard InChI is InChI=1S/C17H24N4O/c1-4-5-6-10-18-16-11-13(2)19-17(21-16)20-14-8-7-9-15(12-14)22-3/h7-9,11-12H,4-6,10H2,1-3H3,(H2,18,19,20,21). The first-order chi connectivity index (χ1) is 10.7. The molecule has 0 fully saturated rings. The normalized spacial score (nSPS) is 10.3. The smallest absolute Gasteiger partial charge is 0.229 e. The summed E-state index contributed by atoms with van der Waals surface area (Å²) in [4.78, 5) is 8.93. The van der Waals surface area contributed by atoms with Gasteiger partial charge in [-0.25, -0.2) is 4.98 Å². The Kier molecular flexibility index (Phi) is 6.01. The molecule has 0 aliphatic carbocycles. The summed E-state index contributed by atoms with van der Waals surface area (Å²) in [6.07, 6.45) is 3.59.